The predicted molar refractivity (Wildman–Crippen MR) is 71.1 cm³/mol. The summed E-state index contributed by atoms with van der Waals surface area (Å²) in [5.74, 6) is -4.62. The Kier molecular flexibility index (Phi) is 4.76. The van der Waals surface area contributed by atoms with Gasteiger partial charge in [-0.1, -0.05) is 6.07 Å². The SMILES string of the molecule is COc1cccc2nc(C(F)(F)F)nc(C(=O)CC(=O)C(F)F)c12. The summed E-state index contributed by atoms with van der Waals surface area (Å²) in [5.41, 5.74) is -1.05. The first-order valence-corrected chi connectivity index (χ1v) is 6.41. The van der Waals surface area contributed by atoms with Crippen LogP contribution in [0.5, 0.6) is 5.75 Å². The van der Waals surface area contributed by atoms with Gasteiger partial charge in [0.1, 0.15) is 11.4 Å². The Morgan fingerprint density at radius 2 is 1.88 bits per heavy atom. The molecule has 1 aromatic carbocycles. The van der Waals surface area contributed by atoms with Crippen molar-refractivity contribution in [2.75, 3.05) is 7.11 Å². The van der Waals surface area contributed by atoms with Crippen LogP contribution < -0.4 is 4.74 Å². The first-order valence-electron chi connectivity index (χ1n) is 6.41. The van der Waals surface area contributed by atoms with Crippen molar-refractivity contribution in [1.29, 1.82) is 0 Å². The lowest BCUT2D eigenvalue weighted by Gasteiger charge is -2.12. The van der Waals surface area contributed by atoms with Gasteiger partial charge < -0.3 is 4.74 Å². The second kappa shape index (κ2) is 6.46. The number of ether oxygens (including phenoxy) is 1. The third-order valence-electron chi connectivity index (χ3n) is 3.00. The fourth-order valence-electron chi connectivity index (χ4n) is 1.97. The minimum absolute atomic E-state index is 0.0194. The van der Waals surface area contributed by atoms with Gasteiger partial charge in [-0.3, -0.25) is 9.59 Å². The Bertz CT molecular complexity index is 805. The van der Waals surface area contributed by atoms with Crippen LogP contribution in [0.4, 0.5) is 22.0 Å². The van der Waals surface area contributed by atoms with Crippen LogP contribution in [-0.2, 0) is 11.0 Å². The van der Waals surface area contributed by atoms with Crippen LogP contribution >= 0.6 is 0 Å². The lowest BCUT2D eigenvalue weighted by molar-refractivity contribution is -0.144. The third kappa shape index (κ3) is 3.47. The van der Waals surface area contributed by atoms with E-state index in [1.165, 1.54) is 25.3 Å². The molecule has 1 aromatic heterocycles. The molecule has 128 valence electrons. The van der Waals surface area contributed by atoms with Crippen molar-refractivity contribution in [3.8, 4) is 5.75 Å². The number of hydrogen-bond acceptors (Lipinski definition) is 5. The highest BCUT2D eigenvalue weighted by molar-refractivity contribution is 6.14. The van der Waals surface area contributed by atoms with Crippen LogP contribution in [0.3, 0.4) is 0 Å². The number of ketones is 2. The monoisotopic (exact) mass is 348 g/mol. The number of nitrogens with zero attached hydrogens (tertiary/aromatic N) is 2. The van der Waals surface area contributed by atoms with Gasteiger partial charge in [-0.15, -0.1) is 0 Å². The van der Waals surface area contributed by atoms with Gasteiger partial charge in [0.2, 0.25) is 11.6 Å². The molecule has 0 saturated heterocycles. The molecule has 0 atom stereocenters. The van der Waals surface area contributed by atoms with E-state index in [-0.39, 0.29) is 16.7 Å². The van der Waals surface area contributed by atoms with Gasteiger partial charge in [-0.25, -0.2) is 18.7 Å². The van der Waals surface area contributed by atoms with Gasteiger partial charge >= 0.3 is 6.18 Å². The molecule has 0 N–H and O–H groups in total. The number of halogens is 5. The fraction of sp³-hybridized carbons (Fsp3) is 0.286. The largest absolute Gasteiger partial charge is 0.496 e. The van der Waals surface area contributed by atoms with E-state index in [4.69, 9.17) is 4.74 Å². The molecule has 10 heteroatoms. The topological polar surface area (TPSA) is 69.2 Å². The minimum atomic E-state index is -4.96. The average Bonchev–Trinajstić information content (AvgIpc) is 2.51. The summed E-state index contributed by atoms with van der Waals surface area (Å²) < 4.78 is 68.2. The molecule has 0 unspecified atom stereocenters. The number of rotatable bonds is 5. The second-order valence-electron chi connectivity index (χ2n) is 4.61. The van der Waals surface area contributed by atoms with E-state index < -0.39 is 42.1 Å². The summed E-state index contributed by atoms with van der Waals surface area (Å²) in [7, 11) is 1.20. The summed E-state index contributed by atoms with van der Waals surface area (Å²) in [6, 6.07) is 3.86. The second-order valence-corrected chi connectivity index (χ2v) is 4.61. The zero-order chi connectivity index (χ0) is 18.1. The molecule has 2 aromatic rings. The summed E-state index contributed by atoms with van der Waals surface area (Å²) in [5, 5.41) is -0.180. The highest BCUT2D eigenvalue weighted by atomic mass is 19.4. The molecule has 2 rings (SSSR count). The highest BCUT2D eigenvalue weighted by Crippen LogP contribution is 2.32. The zero-order valence-corrected chi connectivity index (χ0v) is 12.0. The van der Waals surface area contributed by atoms with Crippen LogP contribution in [0.2, 0.25) is 0 Å². The first kappa shape index (κ1) is 17.7. The smallest absolute Gasteiger partial charge is 0.451 e. The molecule has 0 fully saturated rings. The molecular formula is C14H9F5N2O3. The molecule has 0 amide bonds. The molecule has 5 nitrogen and oxygen atoms in total. The molecule has 0 aliphatic heterocycles. The highest BCUT2D eigenvalue weighted by Gasteiger charge is 2.37. The van der Waals surface area contributed by atoms with E-state index in [0.717, 1.165) is 0 Å². The Labute approximate surface area is 131 Å². The Balaban J connectivity index is 2.68. The van der Waals surface area contributed by atoms with Gasteiger partial charge in [-0.2, -0.15) is 13.2 Å². The van der Waals surface area contributed by atoms with Gasteiger partial charge in [0.15, 0.2) is 5.78 Å². The van der Waals surface area contributed by atoms with Crippen LogP contribution in [-0.4, -0.2) is 35.1 Å². The number of carbonyl (C=O) groups is 2. The summed E-state index contributed by atoms with van der Waals surface area (Å²) in [6.07, 6.45) is -9.65. The van der Waals surface area contributed by atoms with Crippen molar-refractivity contribution in [1.82, 2.24) is 9.97 Å². The quantitative estimate of drug-likeness (QED) is 0.472. The fourth-order valence-corrected chi connectivity index (χ4v) is 1.97. The van der Waals surface area contributed by atoms with Crippen LogP contribution in [0.25, 0.3) is 10.9 Å². The maximum absolute atomic E-state index is 12.9. The van der Waals surface area contributed by atoms with Crippen LogP contribution in [0.1, 0.15) is 22.7 Å². The van der Waals surface area contributed by atoms with Gasteiger partial charge in [0.25, 0.3) is 6.43 Å². The minimum Gasteiger partial charge on any atom is -0.496 e. The Hall–Kier alpha value is -2.65. The standard InChI is InChI=1S/C14H9F5N2O3/c1-24-9-4-2-3-6-10(9)11(7(22)5-8(23)12(15)16)21-13(20-6)14(17,18)19/h2-4,12H,5H2,1H3. The number of hydrogen-bond donors (Lipinski definition) is 0. The van der Waals surface area contributed by atoms with Crippen molar-refractivity contribution in [3.05, 3.63) is 29.7 Å². The van der Waals surface area contributed by atoms with E-state index in [2.05, 4.69) is 9.97 Å². The van der Waals surface area contributed by atoms with Crippen LogP contribution in [0.15, 0.2) is 18.2 Å². The van der Waals surface area contributed by atoms with E-state index >= 15 is 0 Å². The molecule has 0 aliphatic rings. The van der Waals surface area contributed by atoms with Crippen molar-refractivity contribution >= 4 is 22.5 Å². The average molecular weight is 348 g/mol. The summed E-state index contributed by atoms with van der Waals surface area (Å²) in [6.45, 7) is 0. The van der Waals surface area contributed by atoms with Crippen molar-refractivity contribution in [3.63, 3.8) is 0 Å². The van der Waals surface area contributed by atoms with Gasteiger partial charge in [0, 0.05) is 0 Å². The first-order chi connectivity index (χ1) is 11.1. The van der Waals surface area contributed by atoms with Crippen LogP contribution in [0, 0.1) is 0 Å². The number of Topliss-reactive ketones (excluding diaryl/α,β-unsaturated/α-hetero) is 2. The lowest BCUT2D eigenvalue weighted by Crippen LogP contribution is -2.19. The number of alkyl halides is 5. The van der Waals surface area contributed by atoms with Crippen molar-refractivity contribution in [2.45, 2.75) is 19.0 Å². The van der Waals surface area contributed by atoms with E-state index in [1.807, 2.05) is 0 Å². The number of fused-ring (bicyclic) bond motifs is 1. The van der Waals surface area contributed by atoms with E-state index in [1.54, 1.807) is 0 Å². The van der Waals surface area contributed by atoms with E-state index in [9.17, 15) is 31.5 Å². The molecule has 24 heavy (non-hydrogen) atoms. The molecule has 0 saturated carbocycles. The Morgan fingerprint density at radius 3 is 2.42 bits per heavy atom. The molecule has 1 heterocycles. The summed E-state index contributed by atoms with van der Waals surface area (Å²) in [4.78, 5) is 29.5. The number of benzene rings is 1. The zero-order valence-electron chi connectivity index (χ0n) is 12.0. The normalized spacial score (nSPS) is 11.8. The third-order valence-corrected chi connectivity index (χ3v) is 3.00. The molecule has 0 bridgehead atoms. The molecular weight excluding hydrogens is 339 g/mol. The Morgan fingerprint density at radius 1 is 1.21 bits per heavy atom. The molecule has 0 aliphatic carbocycles. The predicted octanol–water partition coefficient (Wildman–Crippen LogP) is 3.06. The molecule has 0 radical (unpaired) electrons. The molecule has 0 spiro atoms. The maximum atomic E-state index is 12.9. The van der Waals surface area contributed by atoms with Gasteiger partial charge in [0.05, 0.1) is 24.4 Å². The lowest BCUT2D eigenvalue weighted by atomic mass is 10.1. The van der Waals surface area contributed by atoms with Crippen molar-refractivity contribution < 1.29 is 36.3 Å². The van der Waals surface area contributed by atoms with E-state index in [0.29, 0.717) is 0 Å². The van der Waals surface area contributed by atoms with Gasteiger partial charge in [-0.05, 0) is 12.1 Å². The number of carbonyl (C=O) groups excluding carboxylic acids is 2. The van der Waals surface area contributed by atoms with Crippen molar-refractivity contribution in [2.24, 2.45) is 0 Å². The summed E-state index contributed by atoms with van der Waals surface area (Å²) >= 11 is 0. The maximum Gasteiger partial charge on any atom is 0.451 e. The number of methoxy groups -OCH3 is 1. The number of aromatic nitrogens is 2.